The van der Waals surface area contributed by atoms with Crippen LogP contribution in [-0.2, 0) is 11.2 Å². The minimum absolute atomic E-state index is 0.108. The van der Waals surface area contributed by atoms with E-state index < -0.39 is 0 Å². The number of aryl methyl sites for hydroxylation is 1. The minimum Gasteiger partial charge on any atom is -0.393 e. The van der Waals surface area contributed by atoms with Crippen LogP contribution in [0.1, 0.15) is 55.0 Å². The molecular weight excluding hydrogens is 394 g/mol. The molecule has 4 atom stereocenters. The predicted octanol–water partition coefficient (Wildman–Crippen LogP) is 6.12. The van der Waals surface area contributed by atoms with E-state index in [2.05, 4.69) is 91.1 Å². The summed E-state index contributed by atoms with van der Waals surface area (Å²) in [6.45, 7) is 2.89. The molecule has 0 aliphatic rings. The number of aliphatic hydroxyl groups is 1. The molecule has 3 rings (SSSR count). The van der Waals surface area contributed by atoms with Gasteiger partial charge in [-0.15, -0.1) is 0 Å². The molecule has 3 aromatic carbocycles. The molecule has 0 spiro atoms. The van der Waals surface area contributed by atoms with Crippen LogP contribution in [0.25, 0.3) is 0 Å². The van der Waals surface area contributed by atoms with E-state index in [1.807, 2.05) is 12.1 Å². The van der Waals surface area contributed by atoms with Crippen molar-refractivity contribution in [1.29, 1.82) is 0 Å². The molecule has 0 heterocycles. The van der Waals surface area contributed by atoms with Crippen LogP contribution in [0.2, 0.25) is 0 Å². The highest BCUT2D eigenvalue weighted by molar-refractivity contribution is 5.23. The van der Waals surface area contributed by atoms with Crippen molar-refractivity contribution in [3.63, 3.8) is 0 Å². The van der Waals surface area contributed by atoms with Gasteiger partial charge in [0.15, 0.2) is 0 Å². The van der Waals surface area contributed by atoms with Crippen molar-refractivity contribution in [1.82, 2.24) is 5.32 Å². The molecule has 32 heavy (non-hydrogen) atoms. The molecule has 170 valence electrons. The Hall–Kier alpha value is -2.46. The second-order valence-electron chi connectivity index (χ2n) is 8.71. The fraction of sp³-hybridized carbons (Fsp3) is 0.379. The summed E-state index contributed by atoms with van der Waals surface area (Å²) in [4.78, 5) is 0. The van der Waals surface area contributed by atoms with E-state index in [-0.39, 0.29) is 18.2 Å². The van der Waals surface area contributed by atoms with Crippen LogP contribution in [0.5, 0.6) is 0 Å². The average molecular weight is 432 g/mol. The molecule has 0 saturated heterocycles. The Morgan fingerprint density at radius 3 is 1.91 bits per heavy atom. The maximum absolute atomic E-state index is 10.6. The molecule has 0 saturated carbocycles. The van der Waals surface area contributed by atoms with Crippen LogP contribution in [0.4, 0.5) is 0 Å². The van der Waals surface area contributed by atoms with E-state index in [1.165, 1.54) is 16.7 Å². The summed E-state index contributed by atoms with van der Waals surface area (Å²) < 4.78 is 5.54. The van der Waals surface area contributed by atoms with Gasteiger partial charge in [0, 0.05) is 13.2 Å². The van der Waals surface area contributed by atoms with Gasteiger partial charge in [0.05, 0.1) is 18.8 Å². The lowest BCUT2D eigenvalue weighted by Crippen LogP contribution is -2.33. The van der Waals surface area contributed by atoms with Crippen LogP contribution in [0.15, 0.2) is 91.0 Å². The van der Waals surface area contributed by atoms with E-state index in [0.717, 1.165) is 25.7 Å². The molecule has 0 bridgehead atoms. The third-order valence-electron chi connectivity index (χ3n) is 6.21. The summed E-state index contributed by atoms with van der Waals surface area (Å²) >= 11 is 0. The second-order valence-corrected chi connectivity index (χ2v) is 8.71. The number of nitrogens with one attached hydrogen (secondary N) is 1. The lowest BCUT2D eigenvalue weighted by molar-refractivity contribution is 0.134. The highest BCUT2D eigenvalue weighted by Crippen LogP contribution is 2.30. The normalized spacial score (nSPS) is 15.1. The quantitative estimate of drug-likeness (QED) is 0.343. The third kappa shape index (κ3) is 7.59. The van der Waals surface area contributed by atoms with Gasteiger partial charge in [-0.25, -0.2) is 0 Å². The monoisotopic (exact) mass is 431 g/mol. The Bertz CT molecular complexity index is 869. The summed E-state index contributed by atoms with van der Waals surface area (Å²) in [6, 6.07) is 31.8. The first-order valence-corrected chi connectivity index (χ1v) is 11.7. The predicted molar refractivity (Wildman–Crippen MR) is 133 cm³/mol. The molecule has 2 N–H and O–H groups in total. The van der Waals surface area contributed by atoms with Crippen molar-refractivity contribution in [3.05, 3.63) is 108 Å². The summed E-state index contributed by atoms with van der Waals surface area (Å²) in [6.07, 6.45) is 3.20. The molecule has 3 heteroatoms. The van der Waals surface area contributed by atoms with Crippen LogP contribution in [0, 0.1) is 5.92 Å². The molecule has 0 amide bonds. The van der Waals surface area contributed by atoms with Crippen molar-refractivity contribution in [2.24, 2.45) is 5.92 Å². The highest BCUT2D eigenvalue weighted by Gasteiger charge is 2.24. The number of rotatable bonds is 13. The molecule has 3 nitrogen and oxygen atoms in total. The SMILES string of the molecule is COC[C@@H](N[C@@H](c1ccccc1)[C@@H](C)CC[C@@H](O)CCc1ccccc1)c1ccccc1. The van der Waals surface area contributed by atoms with Crippen LogP contribution < -0.4 is 5.32 Å². The van der Waals surface area contributed by atoms with Crippen molar-refractivity contribution >= 4 is 0 Å². The van der Waals surface area contributed by atoms with Crippen molar-refractivity contribution in [3.8, 4) is 0 Å². The number of hydrogen-bond donors (Lipinski definition) is 2. The zero-order valence-electron chi connectivity index (χ0n) is 19.4. The number of ether oxygens (including phenoxy) is 1. The minimum atomic E-state index is -0.280. The zero-order valence-corrected chi connectivity index (χ0v) is 19.4. The molecule has 0 unspecified atom stereocenters. The fourth-order valence-electron chi connectivity index (χ4n) is 4.30. The summed E-state index contributed by atoms with van der Waals surface area (Å²) in [5.41, 5.74) is 3.79. The standard InChI is InChI=1S/C29H37NO2/c1-23(18-20-27(31)21-19-24-12-6-3-7-13-24)29(26-16-10-5-11-17-26)30-28(22-32-2)25-14-8-4-9-15-25/h3-17,23,27-31H,18-22H2,1-2H3/t23-,27+,28+,29+/m0/s1. The Balaban J connectivity index is 1.64. The average Bonchev–Trinajstić information content (AvgIpc) is 2.85. The molecule has 0 aliphatic heterocycles. The topological polar surface area (TPSA) is 41.5 Å². The largest absolute Gasteiger partial charge is 0.393 e. The molecule has 0 aliphatic carbocycles. The molecule has 0 aromatic heterocycles. The van der Waals surface area contributed by atoms with E-state index in [0.29, 0.717) is 12.5 Å². The Morgan fingerprint density at radius 1 is 0.750 bits per heavy atom. The highest BCUT2D eigenvalue weighted by atomic mass is 16.5. The fourth-order valence-corrected chi connectivity index (χ4v) is 4.30. The molecule has 0 radical (unpaired) electrons. The van der Waals surface area contributed by atoms with Gasteiger partial charge in [0.1, 0.15) is 0 Å². The lowest BCUT2D eigenvalue weighted by Gasteiger charge is -2.31. The smallest absolute Gasteiger partial charge is 0.0657 e. The molecule has 0 fully saturated rings. The van der Waals surface area contributed by atoms with E-state index in [1.54, 1.807) is 7.11 Å². The number of methoxy groups -OCH3 is 1. The first-order valence-electron chi connectivity index (χ1n) is 11.7. The van der Waals surface area contributed by atoms with E-state index >= 15 is 0 Å². The Morgan fingerprint density at radius 2 is 1.31 bits per heavy atom. The maximum Gasteiger partial charge on any atom is 0.0657 e. The molecule has 3 aromatic rings. The van der Waals surface area contributed by atoms with Gasteiger partial charge in [0.25, 0.3) is 0 Å². The molecular formula is C29H37NO2. The van der Waals surface area contributed by atoms with E-state index in [9.17, 15) is 5.11 Å². The first kappa shape index (κ1) is 24.2. The van der Waals surface area contributed by atoms with Crippen LogP contribution >= 0.6 is 0 Å². The van der Waals surface area contributed by atoms with Gasteiger partial charge in [0.2, 0.25) is 0 Å². The van der Waals surface area contributed by atoms with Crippen LogP contribution in [0.3, 0.4) is 0 Å². The van der Waals surface area contributed by atoms with Crippen molar-refractivity contribution in [2.45, 2.75) is 50.8 Å². The van der Waals surface area contributed by atoms with Crippen LogP contribution in [-0.4, -0.2) is 24.9 Å². The number of benzene rings is 3. The first-order chi connectivity index (χ1) is 15.7. The Kier molecular flexibility index (Phi) is 9.96. The van der Waals surface area contributed by atoms with Gasteiger partial charge >= 0.3 is 0 Å². The Labute approximate surface area is 193 Å². The zero-order chi connectivity index (χ0) is 22.6. The number of aliphatic hydroxyl groups excluding tert-OH is 1. The van der Waals surface area contributed by atoms with Crippen molar-refractivity contribution in [2.75, 3.05) is 13.7 Å². The van der Waals surface area contributed by atoms with Gasteiger partial charge in [-0.05, 0) is 48.3 Å². The van der Waals surface area contributed by atoms with E-state index in [4.69, 9.17) is 4.74 Å². The number of hydrogen-bond acceptors (Lipinski definition) is 3. The van der Waals surface area contributed by atoms with Gasteiger partial charge in [-0.3, -0.25) is 0 Å². The van der Waals surface area contributed by atoms with Crippen molar-refractivity contribution < 1.29 is 9.84 Å². The van der Waals surface area contributed by atoms with Gasteiger partial charge in [-0.2, -0.15) is 0 Å². The van der Waals surface area contributed by atoms with Gasteiger partial charge < -0.3 is 15.2 Å². The van der Waals surface area contributed by atoms with Gasteiger partial charge in [-0.1, -0.05) is 97.9 Å². The summed E-state index contributed by atoms with van der Waals surface area (Å²) in [5.74, 6) is 0.367. The lowest BCUT2D eigenvalue weighted by atomic mass is 9.88. The summed E-state index contributed by atoms with van der Waals surface area (Å²) in [5, 5.41) is 14.5. The maximum atomic E-state index is 10.6. The summed E-state index contributed by atoms with van der Waals surface area (Å²) in [7, 11) is 1.75. The third-order valence-corrected chi connectivity index (χ3v) is 6.21. The second kappa shape index (κ2) is 13.2.